The van der Waals surface area contributed by atoms with Crippen molar-refractivity contribution >= 4 is 44.3 Å². The van der Waals surface area contributed by atoms with Crippen molar-refractivity contribution in [3.05, 3.63) is 83.2 Å². The van der Waals surface area contributed by atoms with Crippen LogP contribution >= 0.6 is 11.3 Å². The fraction of sp³-hybridized carbons (Fsp3) is 0.130. The van der Waals surface area contributed by atoms with Gasteiger partial charge >= 0.3 is 0 Å². The standard InChI is InChI=1S/C23H20N2O2S/c1-27-16-15-25-20-13-12-18-9-5-6-10-19(18)22(20)28-23(25)24-21(26)14-11-17-7-3-2-4-8-17/h2-14H,15-16H2,1H3/b14-11+,24-23?. The van der Waals surface area contributed by atoms with E-state index in [9.17, 15) is 4.79 Å². The lowest BCUT2D eigenvalue weighted by Crippen LogP contribution is -2.18. The van der Waals surface area contributed by atoms with Crippen LogP contribution in [0.15, 0.2) is 77.8 Å². The van der Waals surface area contributed by atoms with E-state index in [1.807, 2.05) is 42.5 Å². The van der Waals surface area contributed by atoms with Gasteiger partial charge in [-0.05, 0) is 23.1 Å². The van der Waals surface area contributed by atoms with Gasteiger partial charge < -0.3 is 9.30 Å². The van der Waals surface area contributed by atoms with E-state index in [-0.39, 0.29) is 5.91 Å². The van der Waals surface area contributed by atoms with Gasteiger partial charge in [0, 0.05) is 25.1 Å². The van der Waals surface area contributed by atoms with E-state index >= 15 is 0 Å². The van der Waals surface area contributed by atoms with Crippen molar-refractivity contribution in [2.45, 2.75) is 6.54 Å². The van der Waals surface area contributed by atoms with E-state index in [0.717, 1.165) is 15.8 Å². The summed E-state index contributed by atoms with van der Waals surface area (Å²) in [6, 6.07) is 22.2. The Labute approximate surface area is 167 Å². The first-order chi connectivity index (χ1) is 13.8. The molecule has 0 aliphatic carbocycles. The van der Waals surface area contributed by atoms with Crippen LogP contribution in [0, 0.1) is 0 Å². The first kappa shape index (κ1) is 18.3. The molecule has 3 aromatic carbocycles. The van der Waals surface area contributed by atoms with Crippen LogP contribution in [0.4, 0.5) is 0 Å². The molecule has 1 amide bonds. The highest BCUT2D eigenvalue weighted by atomic mass is 32.1. The monoisotopic (exact) mass is 388 g/mol. The Kier molecular flexibility index (Phi) is 5.46. The smallest absolute Gasteiger partial charge is 0.272 e. The number of hydrogen-bond donors (Lipinski definition) is 0. The molecule has 0 fully saturated rings. The molecule has 0 aliphatic heterocycles. The van der Waals surface area contributed by atoms with Gasteiger partial charge in [-0.25, -0.2) is 0 Å². The molecule has 28 heavy (non-hydrogen) atoms. The van der Waals surface area contributed by atoms with Gasteiger partial charge in [0.2, 0.25) is 0 Å². The number of benzene rings is 3. The molecule has 0 unspecified atom stereocenters. The third kappa shape index (κ3) is 3.81. The van der Waals surface area contributed by atoms with Gasteiger partial charge in [0.25, 0.3) is 5.91 Å². The number of rotatable bonds is 5. The molecule has 0 saturated heterocycles. The second-order valence-corrected chi connectivity index (χ2v) is 7.34. The zero-order valence-electron chi connectivity index (χ0n) is 15.5. The minimum atomic E-state index is -0.272. The number of thiazole rings is 1. The fourth-order valence-corrected chi connectivity index (χ4v) is 4.34. The van der Waals surface area contributed by atoms with Gasteiger partial charge in [-0.2, -0.15) is 4.99 Å². The molecule has 1 aromatic heterocycles. The number of amides is 1. The van der Waals surface area contributed by atoms with E-state index in [0.29, 0.717) is 18.0 Å². The Morgan fingerprint density at radius 3 is 2.68 bits per heavy atom. The van der Waals surface area contributed by atoms with Crippen LogP contribution in [0.1, 0.15) is 5.56 Å². The zero-order valence-corrected chi connectivity index (χ0v) is 16.4. The van der Waals surface area contributed by atoms with E-state index in [1.54, 1.807) is 13.2 Å². The number of methoxy groups -OCH3 is 1. The Bertz CT molecular complexity index is 1220. The van der Waals surface area contributed by atoms with E-state index < -0.39 is 0 Å². The maximum Gasteiger partial charge on any atom is 0.272 e. The van der Waals surface area contributed by atoms with Crippen LogP contribution in [-0.2, 0) is 16.1 Å². The average Bonchev–Trinajstić information content (AvgIpc) is 3.09. The summed E-state index contributed by atoms with van der Waals surface area (Å²) >= 11 is 1.54. The molecule has 0 radical (unpaired) electrons. The number of aromatic nitrogens is 1. The predicted octanol–water partition coefficient (Wildman–Crippen LogP) is 4.64. The molecule has 1 heterocycles. The number of hydrogen-bond acceptors (Lipinski definition) is 3. The Morgan fingerprint density at radius 2 is 1.86 bits per heavy atom. The van der Waals surface area contributed by atoms with Crippen LogP contribution in [0.25, 0.3) is 27.1 Å². The molecular weight excluding hydrogens is 368 g/mol. The van der Waals surface area contributed by atoms with Gasteiger partial charge in [0.1, 0.15) is 0 Å². The highest BCUT2D eigenvalue weighted by Crippen LogP contribution is 2.27. The van der Waals surface area contributed by atoms with Crippen LogP contribution in [-0.4, -0.2) is 24.2 Å². The van der Waals surface area contributed by atoms with Crippen molar-refractivity contribution in [1.82, 2.24) is 4.57 Å². The van der Waals surface area contributed by atoms with E-state index in [1.165, 1.54) is 28.2 Å². The van der Waals surface area contributed by atoms with Crippen LogP contribution in [0.2, 0.25) is 0 Å². The number of nitrogens with zero attached hydrogens (tertiary/aromatic N) is 2. The molecule has 0 aliphatic rings. The minimum absolute atomic E-state index is 0.272. The first-order valence-corrected chi connectivity index (χ1v) is 9.90. The summed E-state index contributed by atoms with van der Waals surface area (Å²) in [5.74, 6) is -0.272. The summed E-state index contributed by atoms with van der Waals surface area (Å²) in [6.07, 6.45) is 3.30. The molecular formula is C23H20N2O2S. The second-order valence-electron chi connectivity index (χ2n) is 6.36. The maximum absolute atomic E-state index is 12.5. The van der Waals surface area contributed by atoms with Crippen molar-refractivity contribution < 1.29 is 9.53 Å². The van der Waals surface area contributed by atoms with Crippen molar-refractivity contribution in [2.75, 3.05) is 13.7 Å². The van der Waals surface area contributed by atoms with Crippen LogP contribution in [0.3, 0.4) is 0 Å². The van der Waals surface area contributed by atoms with Gasteiger partial charge in [0.05, 0.1) is 16.8 Å². The van der Waals surface area contributed by atoms with Gasteiger partial charge in [0.15, 0.2) is 4.80 Å². The SMILES string of the molecule is COCCn1c(=NC(=O)/C=C/c2ccccc2)sc2c3ccccc3ccc21. The van der Waals surface area contributed by atoms with Crippen molar-refractivity contribution in [2.24, 2.45) is 4.99 Å². The molecule has 0 saturated carbocycles. The topological polar surface area (TPSA) is 43.6 Å². The predicted molar refractivity (Wildman–Crippen MR) is 115 cm³/mol. The molecule has 0 N–H and O–H groups in total. The fourth-order valence-electron chi connectivity index (χ4n) is 3.15. The maximum atomic E-state index is 12.5. The molecule has 0 bridgehead atoms. The summed E-state index contributed by atoms with van der Waals surface area (Å²) in [5, 5.41) is 2.35. The summed E-state index contributed by atoms with van der Waals surface area (Å²) in [7, 11) is 1.68. The average molecular weight is 388 g/mol. The zero-order chi connectivity index (χ0) is 19.3. The number of ether oxygens (including phenoxy) is 1. The molecule has 0 spiro atoms. The molecule has 4 rings (SSSR count). The Hall–Kier alpha value is -3.02. The summed E-state index contributed by atoms with van der Waals surface area (Å²) < 4.78 is 8.45. The van der Waals surface area contributed by atoms with Gasteiger partial charge in [-0.15, -0.1) is 0 Å². The third-order valence-corrected chi connectivity index (χ3v) is 5.64. The molecule has 0 atom stereocenters. The molecule has 4 nitrogen and oxygen atoms in total. The Balaban J connectivity index is 1.80. The third-order valence-electron chi connectivity index (χ3n) is 4.52. The summed E-state index contributed by atoms with van der Waals surface area (Å²) in [5.41, 5.74) is 2.04. The van der Waals surface area contributed by atoms with Gasteiger partial charge in [-0.1, -0.05) is 72.0 Å². The van der Waals surface area contributed by atoms with Crippen molar-refractivity contribution in [3.8, 4) is 0 Å². The Morgan fingerprint density at radius 1 is 1.07 bits per heavy atom. The lowest BCUT2D eigenvalue weighted by atomic mass is 10.1. The number of carbonyl (C=O) groups excluding carboxylic acids is 1. The highest BCUT2D eigenvalue weighted by molar-refractivity contribution is 7.17. The number of fused-ring (bicyclic) bond motifs is 3. The van der Waals surface area contributed by atoms with Crippen LogP contribution in [0.5, 0.6) is 0 Å². The van der Waals surface area contributed by atoms with Crippen molar-refractivity contribution in [1.29, 1.82) is 0 Å². The largest absolute Gasteiger partial charge is 0.383 e. The minimum Gasteiger partial charge on any atom is -0.383 e. The van der Waals surface area contributed by atoms with E-state index in [4.69, 9.17) is 4.74 Å². The molecule has 4 aromatic rings. The lowest BCUT2D eigenvalue weighted by Gasteiger charge is -2.05. The second kappa shape index (κ2) is 8.33. The lowest BCUT2D eigenvalue weighted by molar-refractivity contribution is -0.113. The van der Waals surface area contributed by atoms with Crippen molar-refractivity contribution in [3.63, 3.8) is 0 Å². The first-order valence-electron chi connectivity index (χ1n) is 9.08. The molecule has 5 heteroatoms. The quantitative estimate of drug-likeness (QED) is 0.467. The summed E-state index contributed by atoms with van der Waals surface area (Å²) in [6.45, 7) is 1.20. The van der Waals surface area contributed by atoms with E-state index in [2.05, 4.69) is 33.8 Å². The molecule has 140 valence electrons. The van der Waals surface area contributed by atoms with Gasteiger partial charge in [-0.3, -0.25) is 4.79 Å². The normalized spacial score (nSPS) is 12.4. The highest BCUT2D eigenvalue weighted by Gasteiger charge is 2.10. The summed E-state index contributed by atoms with van der Waals surface area (Å²) in [4.78, 5) is 17.5. The van der Waals surface area contributed by atoms with Crippen LogP contribution < -0.4 is 4.80 Å². The number of carbonyl (C=O) groups is 1.